The quantitative estimate of drug-likeness (QED) is 0.716. The lowest BCUT2D eigenvalue weighted by Crippen LogP contribution is -2.44. The van der Waals surface area contributed by atoms with Gasteiger partial charge < -0.3 is 14.5 Å². The molecule has 2 heterocycles. The summed E-state index contributed by atoms with van der Waals surface area (Å²) in [5.74, 6) is 2.59. The molecule has 0 spiro atoms. The highest BCUT2D eigenvalue weighted by Gasteiger charge is 2.13. The third kappa shape index (κ3) is 5.46. The molecule has 1 fully saturated rings. The van der Waals surface area contributed by atoms with Crippen molar-refractivity contribution in [2.45, 2.75) is 30.7 Å². The van der Waals surface area contributed by atoms with Crippen molar-refractivity contribution >= 4 is 11.8 Å². The molecule has 0 unspecified atom stereocenters. The van der Waals surface area contributed by atoms with E-state index in [-0.39, 0.29) is 0 Å². The zero-order valence-electron chi connectivity index (χ0n) is 16.0. The van der Waals surface area contributed by atoms with Gasteiger partial charge in [-0.2, -0.15) is 0 Å². The first-order chi connectivity index (χ1) is 12.6. The summed E-state index contributed by atoms with van der Waals surface area (Å²) in [4.78, 5) is 9.33. The summed E-state index contributed by atoms with van der Waals surface area (Å²) in [6, 6.07) is 6.55. The molecule has 0 amide bonds. The Morgan fingerprint density at radius 2 is 2.04 bits per heavy atom. The van der Waals surface area contributed by atoms with Gasteiger partial charge in [-0.25, -0.2) is 4.98 Å². The first kappa shape index (κ1) is 19.2. The van der Waals surface area contributed by atoms with E-state index in [1.165, 1.54) is 50.3 Å². The van der Waals surface area contributed by atoms with Crippen LogP contribution in [-0.2, 0) is 12.2 Å². The standard InChI is InChI=1S/C19H29N5OS/c1-15-20-19(22-21-15)26-14-17-13-16(6-7-18(17)25-3)5-4-8-24-11-9-23(2)10-12-24/h6-7,13H,4-5,8-12,14H2,1-3H3,(H,20,21,22). The molecular formula is C19H29N5OS. The SMILES string of the molecule is COc1ccc(CCCN2CCN(C)CC2)cc1CSc1n[nH]c(C)n1. The minimum absolute atomic E-state index is 0.782. The molecule has 3 rings (SSSR count). The van der Waals surface area contributed by atoms with E-state index in [1.54, 1.807) is 18.9 Å². The largest absolute Gasteiger partial charge is 0.496 e. The second-order valence-corrected chi connectivity index (χ2v) is 7.83. The predicted octanol–water partition coefficient (Wildman–Crippen LogP) is 2.59. The van der Waals surface area contributed by atoms with E-state index in [1.807, 2.05) is 6.92 Å². The number of likely N-dealkylation sites (N-methyl/N-ethyl adjacent to an activating group) is 1. The molecule has 0 saturated carbocycles. The number of thioether (sulfide) groups is 1. The van der Waals surface area contributed by atoms with Gasteiger partial charge in [0.15, 0.2) is 0 Å². The molecule has 0 bridgehead atoms. The summed E-state index contributed by atoms with van der Waals surface area (Å²) in [5.41, 5.74) is 2.58. The second kappa shape index (κ2) is 9.39. The van der Waals surface area contributed by atoms with Crippen LogP contribution in [0.15, 0.2) is 23.4 Å². The summed E-state index contributed by atoms with van der Waals surface area (Å²) < 4.78 is 5.53. The van der Waals surface area contributed by atoms with Crippen LogP contribution in [-0.4, -0.2) is 71.9 Å². The number of piperazine rings is 1. The van der Waals surface area contributed by atoms with Crippen LogP contribution in [0.25, 0.3) is 0 Å². The summed E-state index contributed by atoms with van der Waals surface area (Å²) in [5, 5.41) is 7.86. The fourth-order valence-electron chi connectivity index (χ4n) is 3.21. The van der Waals surface area contributed by atoms with Crippen molar-refractivity contribution in [3.8, 4) is 5.75 Å². The number of methoxy groups -OCH3 is 1. The predicted molar refractivity (Wildman–Crippen MR) is 106 cm³/mol. The van der Waals surface area contributed by atoms with E-state index in [0.717, 1.165) is 28.9 Å². The topological polar surface area (TPSA) is 57.3 Å². The van der Waals surface area contributed by atoms with Gasteiger partial charge in [-0.1, -0.05) is 23.9 Å². The highest BCUT2D eigenvalue weighted by atomic mass is 32.2. The normalized spacial score (nSPS) is 16.1. The summed E-state index contributed by atoms with van der Waals surface area (Å²) >= 11 is 1.63. The van der Waals surface area contributed by atoms with Crippen LogP contribution in [0, 0.1) is 6.92 Å². The number of H-pyrrole nitrogens is 1. The molecule has 1 aliphatic rings. The van der Waals surface area contributed by atoms with Crippen LogP contribution >= 0.6 is 11.8 Å². The summed E-state index contributed by atoms with van der Waals surface area (Å²) in [6.45, 7) is 7.85. The van der Waals surface area contributed by atoms with Crippen LogP contribution in [0.4, 0.5) is 0 Å². The van der Waals surface area contributed by atoms with Crippen molar-refractivity contribution in [3.63, 3.8) is 0 Å². The van der Waals surface area contributed by atoms with E-state index >= 15 is 0 Å². The average Bonchev–Trinajstić information content (AvgIpc) is 3.07. The molecule has 26 heavy (non-hydrogen) atoms. The molecule has 7 heteroatoms. The number of hydrogen-bond acceptors (Lipinski definition) is 6. The maximum absolute atomic E-state index is 5.53. The van der Waals surface area contributed by atoms with Crippen molar-refractivity contribution in [1.29, 1.82) is 0 Å². The van der Waals surface area contributed by atoms with Crippen LogP contribution < -0.4 is 4.74 Å². The van der Waals surface area contributed by atoms with Crippen LogP contribution in [0.5, 0.6) is 5.75 Å². The Morgan fingerprint density at radius 3 is 2.73 bits per heavy atom. The Kier molecular flexibility index (Phi) is 6.93. The zero-order chi connectivity index (χ0) is 18.4. The number of nitrogens with zero attached hydrogens (tertiary/aromatic N) is 4. The number of aromatic nitrogens is 3. The van der Waals surface area contributed by atoms with Gasteiger partial charge in [-0.15, -0.1) is 5.10 Å². The van der Waals surface area contributed by atoms with E-state index in [2.05, 4.69) is 50.2 Å². The molecule has 142 valence electrons. The average molecular weight is 376 g/mol. The number of ether oxygens (including phenoxy) is 1. The first-order valence-electron chi connectivity index (χ1n) is 9.22. The van der Waals surface area contributed by atoms with Gasteiger partial charge in [-0.05, 0) is 45.0 Å². The lowest BCUT2D eigenvalue weighted by atomic mass is 10.1. The fourth-order valence-corrected chi connectivity index (χ4v) is 4.03. The van der Waals surface area contributed by atoms with E-state index in [4.69, 9.17) is 4.74 Å². The smallest absolute Gasteiger partial charge is 0.208 e. The highest BCUT2D eigenvalue weighted by molar-refractivity contribution is 7.98. The third-order valence-corrected chi connectivity index (χ3v) is 5.71. The lowest BCUT2D eigenvalue weighted by Gasteiger charge is -2.32. The zero-order valence-corrected chi connectivity index (χ0v) is 16.8. The fraction of sp³-hybridized carbons (Fsp3) is 0.579. The van der Waals surface area contributed by atoms with Gasteiger partial charge in [0.1, 0.15) is 11.6 Å². The Labute approximate surface area is 160 Å². The molecule has 0 aliphatic carbocycles. The van der Waals surface area contributed by atoms with E-state index in [9.17, 15) is 0 Å². The Bertz CT molecular complexity index is 697. The number of rotatable bonds is 8. The molecule has 1 aliphatic heterocycles. The van der Waals surface area contributed by atoms with Crippen molar-refractivity contribution < 1.29 is 4.74 Å². The molecule has 1 N–H and O–H groups in total. The Hall–Kier alpha value is -1.57. The minimum Gasteiger partial charge on any atom is -0.496 e. The lowest BCUT2D eigenvalue weighted by molar-refractivity contribution is 0.153. The third-order valence-electron chi connectivity index (χ3n) is 4.81. The summed E-state index contributed by atoms with van der Waals surface area (Å²) in [6.07, 6.45) is 2.30. The molecule has 1 saturated heterocycles. The number of aromatic amines is 1. The monoisotopic (exact) mass is 375 g/mol. The molecular weight excluding hydrogens is 346 g/mol. The van der Waals surface area contributed by atoms with Crippen LogP contribution in [0.2, 0.25) is 0 Å². The number of aryl methyl sites for hydroxylation is 2. The van der Waals surface area contributed by atoms with E-state index < -0.39 is 0 Å². The molecule has 0 radical (unpaired) electrons. The Morgan fingerprint density at radius 1 is 1.23 bits per heavy atom. The van der Waals surface area contributed by atoms with Crippen LogP contribution in [0.1, 0.15) is 23.4 Å². The van der Waals surface area contributed by atoms with Gasteiger partial charge in [0.25, 0.3) is 0 Å². The van der Waals surface area contributed by atoms with Gasteiger partial charge >= 0.3 is 0 Å². The molecule has 6 nitrogen and oxygen atoms in total. The highest BCUT2D eigenvalue weighted by Crippen LogP contribution is 2.27. The number of benzene rings is 1. The van der Waals surface area contributed by atoms with Crippen molar-refractivity contribution in [2.75, 3.05) is 46.9 Å². The number of nitrogens with one attached hydrogen (secondary N) is 1. The van der Waals surface area contributed by atoms with E-state index in [0.29, 0.717) is 0 Å². The van der Waals surface area contributed by atoms with Crippen LogP contribution in [0.3, 0.4) is 0 Å². The maximum atomic E-state index is 5.53. The van der Waals surface area contributed by atoms with Crippen molar-refractivity contribution in [2.24, 2.45) is 0 Å². The van der Waals surface area contributed by atoms with Gasteiger partial charge in [0.2, 0.25) is 5.16 Å². The Balaban J connectivity index is 1.52. The molecule has 0 atom stereocenters. The minimum atomic E-state index is 0.782. The molecule has 2 aromatic rings. The number of hydrogen-bond donors (Lipinski definition) is 1. The molecule has 1 aromatic carbocycles. The second-order valence-electron chi connectivity index (χ2n) is 6.89. The first-order valence-corrected chi connectivity index (χ1v) is 10.2. The summed E-state index contributed by atoms with van der Waals surface area (Å²) in [7, 11) is 3.93. The van der Waals surface area contributed by atoms with Gasteiger partial charge in [0.05, 0.1) is 7.11 Å². The van der Waals surface area contributed by atoms with Gasteiger partial charge in [0, 0.05) is 37.5 Å². The van der Waals surface area contributed by atoms with Crippen molar-refractivity contribution in [1.82, 2.24) is 25.0 Å². The maximum Gasteiger partial charge on any atom is 0.208 e. The van der Waals surface area contributed by atoms with Gasteiger partial charge in [-0.3, -0.25) is 5.10 Å². The van der Waals surface area contributed by atoms with Crippen molar-refractivity contribution in [3.05, 3.63) is 35.2 Å². The molecule has 1 aromatic heterocycles.